The average molecular weight is 286 g/mol. The highest BCUT2D eigenvalue weighted by Gasteiger charge is 2.10. The van der Waals surface area contributed by atoms with E-state index in [2.05, 4.69) is 10.6 Å². The minimum Gasteiger partial charge on any atom is -0.343 e. The van der Waals surface area contributed by atoms with E-state index in [-0.39, 0.29) is 12.5 Å². The molecule has 2 N–H and O–H groups in total. The molecule has 0 aliphatic carbocycles. The Morgan fingerprint density at radius 1 is 1.10 bits per heavy atom. The molecule has 2 aromatic rings. The summed E-state index contributed by atoms with van der Waals surface area (Å²) in [7, 11) is 0. The van der Waals surface area contributed by atoms with Gasteiger partial charge in [-0.05, 0) is 36.8 Å². The van der Waals surface area contributed by atoms with Crippen LogP contribution >= 0.6 is 0 Å². The molecule has 0 atom stereocenters. The molecule has 0 fully saturated rings. The summed E-state index contributed by atoms with van der Waals surface area (Å²) in [5.74, 6) is -1.17. The van der Waals surface area contributed by atoms with Crippen molar-refractivity contribution in [3.63, 3.8) is 0 Å². The fraction of sp³-hybridized carbons (Fsp3) is 0.125. The predicted molar refractivity (Wildman–Crippen MR) is 78.5 cm³/mol. The second-order valence-electron chi connectivity index (χ2n) is 4.56. The van der Waals surface area contributed by atoms with Gasteiger partial charge in [0.1, 0.15) is 5.82 Å². The number of carbonyl (C=O) groups excluding carboxylic acids is 2. The van der Waals surface area contributed by atoms with Gasteiger partial charge in [0.05, 0.1) is 6.54 Å². The molecule has 0 saturated carbocycles. The van der Waals surface area contributed by atoms with Crippen molar-refractivity contribution in [2.24, 2.45) is 0 Å². The van der Waals surface area contributed by atoms with Crippen molar-refractivity contribution in [2.45, 2.75) is 6.92 Å². The minimum atomic E-state index is -0.434. The molecule has 4 nitrogen and oxygen atoms in total. The van der Waals surface area contributed by atoms with Gasteiger partial charge in [-0.3, -0.25) is 9.59 Å². The predicted octanol–water partition coefficient (Wildman–Crippen LogP) is 2.50. The minimum absolute atomic E-state index is 0.177. The van der Waals surface area contributed by atoms with E-state index in [1.807, 2.05) is 19.1 Å². The highest BCUT2D eigenvalue weighted by molar-refractivity contribution is 6.00. The molecule has 0 aromatic heterocycles. The maximum absolute atomic E-state index is 13.0. The van der Waals surface area contributed by atoms with Crippen LogP contribution in [0.4, 0.5) is 10.1 Å². The maximum atomic E-state index is 13.0. The number of benzene rings is 2. The smallest absolute Gasteiger partial charge is 0.251 e. The van der Waals surface area contributed by atoms with E-state index < -0.39 is 11.7 Å². The molecule has 0 saturated heterocycles. The third-order valence-corrected chi connectivity index (χ3v) is 2.91. The molecule has 2 amide bonds. The standard InChI is InChI=1S/C16H15FN2O2/c1-11-5-2-3-8-14(11)16(21)18-10-15(20)19-13-7-4-6-12(17)9-13/h2-9H,10H2,1H3,(H,18,21)(H,19,20). The van der Waals surface area contributed by atoms with Gasteiger partial charge in [0.2, 0.25) is 5.91 Å². The topological polar surface area (TPSA) is 58.2 Å². The monoisotopic (exact) mass is 286 g/mol. The summed E-state index contributed by atoms with van der Waals surface area (Å²) in [4.78, 5) is 23.6. The lowest BCUT2D eigenvalue weighted by Crippen LogP contribution is -2.33. The van der Waals surface area contributed by atoms with Gasteiger partial charge in [-0.25, -0.2) is 4.39 Å². The molecular formula is C16H15FN2O2. The maximum Gasteiger partial charge on any atom is 0.251 e. The van der Waals surface area contributed by atoms with Gasteiger partial charge in [0.25, 0.3) is 5.91 Å². The quantitative estimate of drug-likeness (QED) is 0.907. The first kappa shape index (κ1) is 14.7. The largest absolute Gasteiger partial charge is 0.343 e. The highest BCUT2D eigenvalue weighted by atomic mass is 19.1. The van der Waals surface area contributed by atoms with Crippen LogP contribution in [0.2, 0.25) is 0 Å². The Morgan fingerprint density at radius 3 is 2.57 bits per heavy atom. The molecule has 108 valence electrons. The Morgan fingerprint density at radius 2 is 1.86 bits per heavy atom. The molecule has 0 bridgehead atoms. The number of nitrogens with one attached hydrogen (secondary N) is 2. The summed E-state index contributed by atoms with van der Waals surface area (Å²) in [6.45, 7) is 1.64. The van der Waals surface area contributed by atoms with Crippen molar-refractivity contribution >= 4 is 17.5 Å². The van der Waals surface area contributed by atoms with Crippen molar-refractivity contribution < 1.29 is 14.0 Å². The second-order valence-corrected chi connectivity index (χ2v) is 4.56. The van der Waals surface area contributed by atoms with Crippen LogP contribution in [0, 0.1) is 12.7 Å². The molecule has 0 heterocycles. The summed E-state index contributed by atoms with van der Waals surface area (Å²) in [6.07, 6.45) is 0. The summed E-state index contributed by atoms with van der Waals surface area (Å²) in [6, 6.07) is 12.7. The van der Waals surface area contributed by atoms with Crippen molar-refractivity contribution in [1.29, 1.82) is 0 Å². The summed E-state index contributed by atoms with van der Waals surface area (Å²) in [5, 5.41) is 5.04. The summed E-state index contributed by atoms with van der Waals surface area (Å²) >= 11 is 0. The summed E-state index contributed by atoms with van der Waals surface area (Å²) < 4.78 is 13.0. The third-order valence-electron chi connectivity index (χ3n) is 2.91. The van der Waals surface area contributed by atoms with Crippen molar-refractivity contribution in [1.82, 2.24) is 5.32 Å². The van der Waals surface area contributed by atoms with E-state index in [0.29, 0.717) is 11.3 Å². The summed E-state index contributed by atoms with van der Waals surface area (Å²) in [5.41, 5.74) is 1.71. The van der Waals surface area contributed by atoms with Crippen LogP contribution in [0.25, 0.3) is 0 Å². The van der Waals surface area contributed by atoms with Gasteiger partial charge in [-0.2, -0.15) is 0 Å². The fourth-order valence-electron chi connectivity index (χ4n) is 1.85. The number of rotatable bonds is 4. The van der Waals surface area contributed by atoms with Gasteiger partial charge in [0, 0.05) is 11.3 Å². The highest BCUT2D eigenvalue weighted by Crippen LogP contribution is 2.09. The van der Waals surface area contributed by atoms with E-state index in [9.17, 15) is 14.0 Å². The number of hydrogen-bond acceptors (Lipinski definition) is 2. The van der Waals surface area contributed by atoms with Crippen molar-refractivity contribution in [2.75, 3.05) is 11.9 Å². The zero-order chi connectivity index (χ0) is 15.2. The van der Waals surface area contributed by atoms with Gasteiger partial charge >= 0.3 is 0 Å². The number of amides is 2. The van der Waals surface area contributed by atoms with E-state index in [1.165, 1.54) is 18.2 Å². The number of carbonyl (C=O) groups is 2. The molecule has 21 heavy (non-hydrogen) atoms. The molecular weight excluding hydrogens is 271 g/mol. The van der Waals surface area contributed by atoms with Gasteiger partial charge in [0.15, 0.2) is 0 Å². The lowest BCUT2D eigenvalue weighted by molar-refractivity contribution is -0.115. The Labute approximate surface area is 122 Å². The lowest BCUT2D eigenvalue weighted by Gasteiger charge is -2.08. The van der Waals surface area contributed by atoms with E-state index in [1.54, 1.807) is 18.2 Å². The van der Waals surface area contributed by atoms with Gasteiger partial charge in [-0.1, -0.05) is 24.3 Å². The first-order valence-electron chi connectivity index (χ1n) is 6.45. The van der Waals surface area contributed by atoms with Crippen LogP contribution in [0.5, 0.6) is 0 Å². The number of halogens is 1. The number of hydrogen-bond donors (Lipinski definition) is 2. The Balaban J connectivity index is 1.90. The van der Waals surface area contributed by atoms with Crippen LogP contribution in [0.3, 0.4) is 0 Å². The van der Waals surface area contributed by atoms with E-state index in [4.69, 9.17) is 0 Å². The first-order valence-corrected chi connectivity index (χ1v) is 6.45. The Bertz CT molecular complexity index is 671. The molecule has 2 aromatic carbocycles. The Kier molecular flexibility index (Phi) is 4.66. The van der Waals surface area contributed by atoms with Crippen LogP contribution in [-0.2, 0) is 4.79 Å². The second kappa shape index (κ2) is 6.65. The lowest BCUT2D eigenvalue weighted by atomic mass is 10.1. The van der Waals surface area contributed by atoms with Crippen LogP contribution < -0.4 is 10.6 Å². The zero-order valence-electron chi connectivity index (χ0n) is 11.5. The van der Waals surface area contributed by atoms with Crippen LogP contribution in [0.15, 0.2) is 48.5 Å². The fourth-order valence-corrected chi connectivity index (χ4v) is 1.85. The molecule has 0 spiro atoms. The SMILES string of the molecule is Cc1ccccc1C(=O)NCC(=O)Nc1cccc(F)c1. The molecule has 0 aliphatic rings. The average Bonchev–Trinajstić information content (AvgIpc) is 2.45. The van der Waals surface area contributed by atoms with Gasteiger partial charge < -0.3 is 10.6 Å². The molecule has 0 unspecified atom stereocenters. The first-order chi connectivity index (χ1) is 10.1. The zero-order valence-corrected chi connectivity index (χ0v) is 11.5. The number of aryl methyl sites for hydroxylation is 1. The third kappa shape index (κ3) is 4.14. The molecule has 0 aliphatic heterocycles. The molecule has 2 rings (SSSR count). The van der Waals surface area contributed by atoms with Crippen LogP contribution in [0.1, 0.15) is 15.9 Å². The van der Waals surface area contributed by atoms with Crippen molar-refractivity contribution in [3.8, 4) is 0 Å². The van der Waals surface area contributed by atoms with Crippen molar-refractivity contribution in [3.05, 3.63) is 65.5 Å². The normalized spacial score (nSPS) is 10.0. The van der Waals surface area contributed by atoms with Gasteiger partial charge in [-0.15, -0.1) is 0 Å². The van der Waals surface area contributed by atoms with E-state index >= 15 is 0 Å². The van der Waals surface area contributed by atoms with Crippen LogP contribution in [-0.4, -0.2) is 18.4 Å². The van der Waals surface area contributed by atoms with E-state index in [0.717, 1.165) is 5.56 Å². The molecule has 0 radical (unpaired) electrons. The molecule has 5 heteroatoms. The number of anilines is 1. The Hall–Kier alpha value is -2.69.